The van der Waals surface area contributed by atoms with E-state index < -0.39 is 6.61 Å². The normalized spacial score (nSPS) is 7.50. The van der Waals surface area contributed by atoms with Crippen LogP contribution >= 0.6 is 0 Å². The lowest BCUT2D eigenvalue weighted by Crippen LogP contribution is -2.01. The molecule has 3 nitrogen and oxygen atoms in total. The minimum Gasteiger partial charge on any atom is -0.390 e. The van der Waals surface area contributed by atoms with Gasteiger partial charge >= 0.3 is 0 Å². The number of carbonyl (C=O) groups excluding carboxylic acids is 1. The molecule has 0 aromatic carbocycles. The first-order valence-corrected chi connectivity index (χ1v) is 1.44. The van der Waals surface area contributed by atoms with E-state index in [9.17, 15) is 4.79 Å². The molecule has 0 aromatic heterocycles. The molecule has 0 atom stereocenters. The molecule has 0 aliphatic rings. The molecule has 0 aromatic rings. The average Bonchev–Trinajstić information content (AvgIpc) is 1.65. The Hall–Kier alpha value is -0.700. The third kappa shape index (κ3) is 1.60. The number of aliphatic hydroxyl groups is 1. The maximum Gasteiger partial charge on any atom is 0.165 e. The van der Waals surface area contributed by atoms with Gasteiger partial charge in [0.1, 0.15) is 0 Å². The van der Waals surface area contributed by atoms with Gasteiger partial charge in [0.2, 0.25) is 0 Å². The summed E-state index contributed by atoms with van der Waals surface area (Å²) in [5, 5.41) is 14.2. The summed E-state index contributed by atoms with van der Waals surface area (Å²) in [6.45, 7) is -0.455. The van der Waals surface area contributed by atoms with E-state index in [0.717, 1.165) is 0 Å². The van der Waals surface area contributed by atoms with Gasteiger partial charge in [-0.2, -0.15) is 0 Å². The molecule has 0 aliphatic carbocycles. The first kappa shape index (κ1) is 5.30. The molecule has 2 N–H and O–H groups in total. The molecule has 0 fully saturated rings. The van der Waals surface area contributed by atoms with E-state index in [-0.39, 0.29) is 5.71 Å². The molecule has 0 saturated heterocycles. The summed E-state index contributed by atoms with van der Waals surface area (Å²) in [4.78, 5) is 9.35. The molecule has 0 saturated carbocycles. The second-order valence-electron chi connectivity index (χ2n) is 0.801. The average molecular weight is 87.1 g/mol. The topological polar surface area (TPSA) is 61.2 Å². The Morgan fingerprint density at radius 3 is 2.50 bits per heavy atom. The van der Waals surface area contributed by atoms with E-state index >= 15 is 0 Å². The van der Waals surface area contributed by atoms with Gasteiger partial charge in [-0.1, -0.05) is 0 Å². The van der Waals surface area contributed by atoms with Crippen molar-refractivity contribution >= 4 is 12.0 Å². The van der Waals surface area contributed by atoms with Gasteiger partial charge in [0.25, 0.3) is 0 Å². The van der Waals surface area contributed by atoms with Crippen LogP contribution in [0.5, 0.6) is 0 Å². The highest BCUT2D eigenvalue weighted by Crippen LogP contribution is 1.55. The smallest absolute Gasteiger partial charge is 0.165 e. The zero-order valence-electron chi connectivity index (χ0n) is 3.14. The fourth-order valence-corrected chi connectivity index (χ4v) is 0.0373. The molecule has 0 spiro atoms. The number of carbonyl (C=O) groups is 1. The molecule has 6 heavy (non-hydrogen) atoms. The Kier molecular flexibility index (Phi) is 2.24. The fraction of sp³-hybridized carbons (Fsp3) is 0.333. The van der Waals surface area contributed by atoms with Crippen LogP contribution in [0, 0.1) is 5.41 Å². The van der Waals surface area contributed by atoms with Crippen molar-refractivity contribution < 1.29 is 9.90 Å². The Bertz CT molecular complexity index is 69.2. The standard InChI is InChI=1S/C3H5NO2/c4-3(1-5)2-6/h1,4,6H,2H2. The van der Waals surface area contributed by atoms with Gasteiger partial charge < -0.3 is 5.11 Å². The number of aliphatic hydroxyl groups excluding tert-OH is 1. The van der Waals surface area contributed by atoms with E-state index in [1.807, 2.05) is 0 Å². The number of hydrogen-bond donors (Lipinski definition) is 2. The van der Waals surface area contributed by atoms with Crippen molar-refractivity contribution in [1.82, 2.24) is 0 Å². The molecule has 0 radical (unpaired) electrons. The first-order chi connectivity index (χ1) is 2.81. The first-order valence-electron chi connectivity index (χ1n) is 1.44. The zero-order chi connectivity index (χ0) is 4.99. The molecule has 0 heterocycles. The minimum absolute atomic E-state index is 0.282. The number of aldehydes is 1. The summed E-state index contributed by atoms with van der Waals surface area (Å²) in [7, 11) is 0. The third-order valence-corrected chi connectivity index (χ3v) is 0.313. The molecule has 0 bridgehead atoms. The highest BCUT2D eigenvalue weighted by molar-refractivity contribution is 6.27. The van der Waals surface area contributed by atoms with E-state index in [1.54, 1.807) is 0 Å². The lowest BCUT2D eigenvalue weighted by atomic mass is 10.5. The van der Waals surface area contributed by atoms with Crippen molar-refractivity contribution in [1.29, 1.82) is 5.41 Å². The van der Waals surface area contributed by atoms with Crippen LogP contribution in [0.3, 0.4) is 0 Å². The summed E-state index contributed by atoms with van der Waals surface area (Å²) in [6.07, 6.45) is 0.306. The molecule has 34 valence electrons. The van der Waals surface area contributed by atoms with E-state index in [2.05, 4.69) is 0 Å². The SMILES string of the molecule is N=C(C=O)CO. The van der Waals surface area contributed by atoms with Gasteiger partial charge in [0.15, 0.2) is 6.29 Å². The van der Waals surface area contributed by atoms with Crippen molar-refractivity contribution in [3.63, 3.8) is 0 Å². The minimum atomic E-state index is -0.455. The van der Waals surface area contributed by atoms with E-state index in [1.165, 1.54) is 0 Å². The largest absolute Gasteiger partial charge is 0.390 e. The van der Waals surface area contributed by atoms with Crippen molar-refractivity contribution in [2.45, 2.75) is 0 Å². The number of hydrogen-bond acceptors (Lipinski definition) is 3. The molecule has 0 rings (SSSR count). The fourth-order valence-electron chi connectivity index (χ4n) is 0.0373. The van der Waals surface area contributed by atoms with Crippen molar-refractivity contribution in [2.24, 2.45) is 0 Å². The summed E-state index contributed by atoms with van der Waals surface area (Å²) in [6, 6.07) is 0. The third-order valence-electron chi connectivity index (χ3n) is 0.313. The molecular weight excluding hydrogens is 82.0 g/mol. The second kappa shape index (κ2) is 2.53. The molecule has 3 heteroatoms. The summed E-state index contributed by atoms with van der Waals surface area (Å²) < 4.78 is 0. The highest BCUT2D eigenvalue weighted by Gasteiger charge is 1.82. The van der Waals surface area contributed by atoms with Crippen LogP contribution in [0.2, 0.25) is 0 Å². The summed E-state index contributed by atoms with van der Waals surface area (Å²) >= 11 is 0. The van der Waals surface area contributed by atoms with Crippen LogP contribution in [0.15, 0.2) is 0 Å². The molecule has 0 unspecified atom stereocenters. The predicted octanol–water partition coefficient (Wildman–Crippen LogP) is -0.803. The van der Waals surface area contributed by atoms with Crippen LogP contribution in [0.4, 0.5) is 0 Å². The lowest BCUT2D eigenvalue weighted by molar-refractivity contribution is -0.103. The second-order valence-corrected chi connectivity index (χ2v) is 0.801. The van der Waals surface area contributed by atoms with Gasteiger partial charge in [0.05, 0.1) is 12.3 Å². The Morgan fingerprint density at radius 2 is 2.50 bits per heavy atom. The lowest BCUT2D eigenvalue weighted by Gasteiger charge is -1.76. The van der Waals surface area contributed by atoms with Crippen LogP contribution in [-0.2, 0) is 4.79 Å². The number of rotatable bonds is 2. The summed E-state index contributed by atoms with van der Waals surface area (Å²) in [5.41, 5.74) is -0.282. The van der Waals surface area contributed by atoms with Crippen LogP contribution in [0.1, 0.15) is 0 Å². The van der Waals surface area contributed by atoms with Crippen LogP contribution in [-0.4, -0.2) is 23.7 Å². The molecular formula is C3H5NO2. The van der Waals surface area contributed by atoms with Gasteiger partial charge in [-0.3, -0.25) is 10.2 Å². The Morgan fingerprint density at radius 1 is 2.00 bits per heavy atom. The van der Waals surface area contributed by atoms with E-state index in [4.69, 9.17) is 10.5 Å². The quantitative estimate of drug-likeness (QED) is 0.342. The van der Waals surface area contributed by atoms with E-state index in [0.29, 0.717) is 6.29 Å². The highest BCUT2D eigenvalue weighted by atomic mass is 16.3. The number of nitrogens with one attached hydrogen (secondary N) is 1. The van der Waals surface area contributed by atoms with Gasteiger partial charge in [-0.05, 0) is 0 Å². The molecule has 0 aliphatic heterocycles. The van der Waals surface area contributed by atoms with Gasteiger partial charge in [0, 0.05) is 0 Å². The van der Waals surface area contributed by atoms with Crippen LogP contribution in [0.25, 0.3) is 0 Å². The molecule has 0 amide bonds. The summed E-state index contributed by atoms with van der Waals surface area (Å²) in [5.74, 6) is 0. The van der Waals surface area contributed by atoms with Gasteiger partial charge in [-0.15, -0.1) is 0 Å². The van der Waals surface area contributed by atoms with Crippen LogP contribution < -0.4 is 0 Å². The van der Waals surface area contributed by atoms with Crippen molar-refractivity contribution in [3.8, 4) is 0 Å². The van der Waals surface area contributed by atoms with Gasteiger partial charge in [-0.25, -0.2) is 0 Å². The monoisotopic (exact) mass is 87.0 g/mol. The Labute approximate surface area is 35.1 Å². The maximum absolute atomic E-state index is 9.35. The van der Waals surface area contributed by atoms with Crippen molar-refractivity contribution in [3.05, 3.63) is 0 Å². The maximum atomic E-state index is 9.35. The van der Waals surface area contributed by atoms with Crippen molar-refractivity contribution in [2.75, 3.05) is 6.61 Å². The Balaban J connectivity index is 3.23. The zero-order valence-corrected chi connectivity index (χ0v) is 3.14. The predicted molar refractivity (Wildman–Crippen MR) is 20.9 cm³/mol.